The maximum absolute atomic E-state index is 13.4. The van der Waals surface area contributed by atoms with Crippen LogP contribution in [0.15, 0.2) is 54.6 Å². The average Bonchev–Trinajstić information content (AvgIpc) is 3.52. The molecule has 1 saturated carbocycles. The van der Waals surface area contributed by atoms with Gasteiger partial charge in [0.15, 0.2) is 0 Å². The second-order valence-corrected chi connectivity index (χ2v) is 9.40. The number of hydrogen-bond acceptors (Lipinski definition) is 4. The zero-order chi connectivity index (χ0) is 22.6. The molecule has 0 bridgehead atoms. The van der Waals surface area contributed by atoms with Crippen molar-refractivity contribution in [2.75, 3.05) is 18.5 Å². The van der Waals surface area contributed by atoms with E-state index in [1.807, 2.05) is 59.5 Å². The van der Waals surface area contributed by atoms with E-state index in [2.05, 4.69) is 5.32 Å². The van der Waals surface area contributed by atoms with Crippen LogP contribution in [0.2, 0.25) is 0 Å². The topological polar surface area (TPSA) is 67.9 Å². The van der Waals surface area contributed by atoms with Crippen molar-refractivity contribution in [3.05, 3.63) is 60.2 Å². The summed E-state index contributed by atoms with van der Waals surface area (Å²) < 4.78 is 11.4. The number of amides is 2. The summed E-state index contributed by atoms with van der Waals surface area (Å²) in [6.45, 7) is 1.36. The number of nitrogens with zero attached hydrogens (tertiary/aromatic N) is 1. The number of likely N-dealkylation sites (tertiary alicyclic amines) is 1. The molecular weight excluding hydrogens is 416 g/mol. The molecule has 3 aliphatic rings. The van der Waals surface area contributed by atoms with Crippen LogP contribution in [0, 0.1) is 5.92 Å². The lowest BCUT2D eigenvalue weighted by Gasteiger charge is -2.33. The van der Waals surface area contributed by atoms with Crippen molar-refractivity contribution in [3.63, 3.8) is 0 Å². The molecule has 4 unspecified atom stereocenters. The second kappa shape index (κ2) is 9.96. The van der Waals surface area contributed by atoms with E-state index < -0.39 is 6.04 Å². The van der Waals surface area contributed by atoms with Crippen LogP contribution >= 0.6 is 0 Å². The molecule has 6 heteroatoms. The predicted molar refractivity (Wildman–Crippen MR) is 126 cm³/mol. The maximum atomic E-state index is 13.4. The molecule has 0 spiro atoms. The third-order valence-corrected chi connectivity index (χ3v) is 7.23. The smallest absolute Gasteiger partial charge is 0.254 e. The van der Waals surface area contributed by atoms with Crippen molar-refractivity contribution in [1.82, 2.24) is 4.90 Å². The van der Waals surface area contributed by atoms with Gasteiger partial charge in [0.25, 0.3) is 5.91 Å². The fraction of sp³-hybridized carbons (Fsp3) is 0.481. The van der Waals surface area contributed by atoms with E-state index in [1.54, 1.807) is 0 Å². The fourth-order valence-corrected chi connectivity index (χ4v) is 5.54. The molecule has 1 aliphatic carbocycles. The Morgan fingerprint density at radius 3 is 2.52 bits per heavy atom. The van der Waals surface area contributed by atoms with Crippen LogP contribution in [0.5, 0.6) is 5.75 Å². The van der Waals surface area contributed by atoms with Crippen molar-refractivity contribution in [2.45, 2.75) is 63.1 Å². The summed E-state index contributed by atoms with van der Waals surface area (Å²) in [6, 6.07) is 16.5. The molecule has 33 heavy (non-hydrogen) atoms. The summed E-state index contributed by atoms with van der Waals surface area (Å²) in [6.07, 6.45) is 7.38. The highest BCUT2D eigenvalue weighted by molar-refractivity contribution is 6.01. The van der Waals surface area contributed by atoms with Gasteiger partial charge in [-0.3, -0.25) is 9.59 Å². The van der Waals surface area contributed by atoms with Crippen LogP contribution in [0.4, 0.5) is 5.69 Å². The molecule has 174 valence electrons. The molecule has 2 aromatic carbocycles. The molecule has 2 saturated heterocycles. The molecule has 0 aromatic heterocycles. The van der Waals surface area contributed by atoms with Gasteiger partial charge in [-0.05, 0) is 74.4 Å². The Bertz CT molecular complexity index is 956. The van der Waals surface area contributed by atoms with Gasteiger partial charge in [0.2, 0.25) is 5.91 Å². The standard InChI is InChI=1S/C27H32N2O4/c30-26(28-21-12-14-22(15-13-21)33-18-23-10-6-16-32-23)25-17-20-9-4-5-11-24(20)29(25)27(31)19-7-2-1-3-8-19/h1-3,7-8,12-15,20,23-25H,4-6,9-11,16-18H2,(H,28,30). The van der Waals surface area contributed by atoms with Crippen molar-refractivity contribution in [3.8, 4) is 5.75 Å². The molecule has 3 fully saturated rings. The number of nitrogens with one attached hydrogen (secondary N) is 1. The Hall–Kier alpha value is -2.86. The zero-order valence-corrected chi connectivity index (χ0v) is 18.9. The largest absolute Gasteiger partial charge is 0.491 e. The zero-order valence-electron chi connectivity index (χ0n) is 18.9. The first kappa shape index (κ1) is 22.0. The van der Waals surface area contributed by atoms with Crippen LogP contribution in [0.25, 0.3) is 0 Å². The van der Waals surface area contributed by atoms with Gasteiger partial charge in [-0.15, -0.1) is 0 Å². The maximum Gasteiger partial charge on any atom is 0.254 e. The average molecular weight is 449 g/mol. The molecule has 4 atom stereocenters. The lowest BCUT2D eigenvalue weighted by Crippen LogP contribution is -2.47. The van der Waals surface area contributed by atoms with E-state index in [1.165, 1.54) is 6.42 Å². The predicted octanol–water partition coefficient (Wildman–Crippen LogP) is 4.66. The first-order chi connectivity index (χ1) is 16.2. The third-order valence-electron chi connectivity index (χ3n) is 7.23. The number of benzene rings is 2. The Balaban J connectivity index is 1.26. The van der Waals surface area contributed by atoms with E-state index in [0.717, 1.165) is 50.9 Å². The van der Waals surface area contributed by atoms with Crippen LogP contribution in [-0.2, 0) is 9.53 Å². The molecule has 5 rings (SSSR count). The second-order valence-electron chi connectivity index (χ2n) is 9.40. The van der Waals surface area contributed by atoms with Gasteiger partial charge >= 0.3 is 0 Å². The Morgan fingerprint density at radius 1 is 0.970 bits per heavy atom. The lowest BCUT2D eigenvalue weighted by atomic mass is 9.84. The first-order valence-electron chi connectivity index (χ1n) is 12.2. The highest BCUT2D eigenvalue weighted by Crippen LogP contribution is 2.41. The van der Waals surface area contributed by atoms with Gasteiger partial charge in [0.1, 0.15) is 18.4 Å². The number of rotatable bonds is 6. The highest BCUT2D eigenvalue weighted by Gasteiger charge is 2.47. The van der Waals surface area contributed by atoms with Crippen molar-refractivity contribution >= 4 is 17.5 Å². The monoisotopic (exact) mass is 448 g/mol. The third kappa shape index (κ3) is 4.91. The van der Waals surface area contributed by atoms with Crippen LogP contribution < -0.4 is 10.1 Å². The number of carbonyl (C=O) groups excluding carboxylic acids is 2. The molecular formula is C27H32N2O4. The van der Waals surface area contributed by atoms with Crippen molar-refractivity contribution in [2.24, 2.45) is 5.92 Å². The minimum absolute atomic E-state index is 0.0389. The molecule has 2 aliphatic heterocycles. The molecule has 2 heterocycles. The SMILES string of the molecule is O=C(Nc1ccc(OCC2CCCO2)cc1)C1CC2CCCCC2N1C(=O)c1ccccc1. The van der Waals surface area contributed by atoms with E-state index >= 15 is 0 Å². The number of fused-ring (bicyclic) bond motifs is 1. The summed E-state index contributed by atoms with van der Waals surface area (Å²) in [7, 11) is 0. The molecule has 2 aromatic rings. The minimum Gasteiger partial charge on any atom is -0.491 e. The number of ether oxygens (including phenoxy) is 2. The van der Waals surface area contributed by atoms with Gasteiger partial charge in [0.05, 0.1) is 6.10 Å². The van der Waals surface area contributed by atoms with E-state index in [4.69, 9.17) is 9.47 Å². The van der Waals surface area contributed by atoms with Crippen LogP contribution in [-0.4, -0.2) is 48.1 Å². The molecule has 0 radical (unpaired) electrons. The number of hydrogen-bond donors (Lipinski definition) is 1. The summed E-state index contributed by atoms with van der Waals surface area (Å²) in [5, 5.41) is 3.04. The van der Waals surface area contributed by atoms with Gasteiger partial charge in [-0.1, -0.05) is 31.0 Å². The van der Waals surface area contributed by atoms with Gasteiger partial charge < -0.3 is 19.7 Å². The number of anilines is 1. The molecule has 1 N–H and O–H groups in total. The number of carbonyl (C=O) groups is 2. The quantitative estimate of drug-likeness (QED) is 0.698. The van der Waals surface area contributed by atoms with Crippen LogP contribution in [0.1, 0.15) is 55.3 Å². The lowest BCUT2D eigenvalue weighted by molar-refractivity contribution is -0.120. The molecule has 2 amide bonds. The van der Waals surface area contributed by atoms with Crippen LogP contribution in [0.3, 0.4) is 0 Å². The van der Waals surface area contributed by atoms with Gasteiger partial charge in [0, 0.05) is 23.9 Å². The summed E-state index contributed by atoms with van der Waals surface area (Å²) in [5.74, 6) is 1.01. The van der Waals surface area contributed by atoms with Gasteiger partial charge in [-0.2, -0.15) is 0 Å². The van der Waals surface area contributed by atoms with E-state index in [9.17, 15) is 9.59 Å². The summed E-state index contributed by atoms with van der Waals surface area (Å²) in [4.78, 5) is 28.6. The van der Waals surface area contributed by atoms with E-state index in [-0.39, 0.29) is 24.0 Å². The highest BCUT2D eigenvalue weighted by atomic mass is 16.5. The Labute approximate surface area is 195 Å². The van der Waals surface area contributed by atoms with E-state index in [0.29, 0.717) is 23.8 Å². The molecule has 6 nitrogen and oxygen atoms in total. The normalized spacial score (nSPS) is 26.6. The Kier molecular flexibility index (Phi) is 6.63. The minimum atomic E-state index is -0.443. The van der Waals surface area contributed by atoms with Gasteiger partial charge in [-0.25, -0.2) is 0 Å². The summed E-state index contributed by atoms with van der Waals surface area (Å²) in [5.41, 5.74) is 1.36. The van der Waals surface area contributed by atoms with Crippen molar-refractivity contribution < 1.29 is 19.1 Å². The summed E-state index contributed by atoms with van der Waals surface area (Å²) >= 11 is 0. The first-order valence-corrected chi connectivity index (χ1v) is 12.2. The fourth-order valence-electron chi connectivity index (χ4n) is 5.54. The van der Waals surface area contributed by atoms with Crippen molar-refractivity contribution in [1.29, 1.82) is 0 Å². The Morgan fingerprint density at radius 2 is 1.76 bits per heavy atom.